The predicted octanol–water partition coefficient (Wildman–Crippen LogP) is 11.6. The SMILES string of the molecule is CC(C)(C)c1cc(-c2cc(-c3ccc4c(c3)ncc3ccccc34)ncn2)[c-]c2ccccc12.CCC(CC)C(=O)/C=C(\O)C(CC)CC.[Ir]. The number of benzene rings is 4. The van der Waals surface area contributed by atoms with E-state index in [4.69, 9.17) is 4.98 Å². The summed E-state index contributed by atoms with van der Waals surface area (Å²) in [5, 5.41) is 15.6. The number of carbonyl (C=O) groups excluding carboxylic acids is 1. The number of rotatable bonds is 9. The van der Waals surface area contributed by atoms with Crippen LogP contribution < -0.4 is 0 Å². The van der Waals surface area contributed by atoms with Crippen LogP contribution in [0.3, 0.4) is 0 Å². The minimum absolute atomic E-state index is 0. The predicted molar refractivity (Wildman–Crippen MR) is 205 cm³/mol. The molecule has 0 aliphatic heterocycles. The summed E-state index contributed by atoms with van der Waals surface area (Å²) < 4.78 is 0. The molecule has 4 aromatic carbocycles. The van der Waals surface area contributed by atoms with Crippen molar-refractivity contribution in [2.45, 2.75) is 79.6 Å². The van der Waals surface area contributed by atoms with Crippen LogP contribution in [0.5, 0.6) is 0 Å². The van der Waals surface area contributed by atoms with Crippen LogP contribution >= 0.6 is 0 Å². The second kappa shape index (κ2) is 17.1. The molecule has 2 aromatic heterocycles. The molecule has 261 valence electrons. The second-order valence-electron chi connectivity index (χ2n) is 13.8. The Morgan fingerprint density at radius 3 is 2.08 bits per heavy atom. The van der Waals surface area contributed by atoms with E-state index < -0.39 is 0 Å². The van der Waals surface area contributed by atoms with Crippen LogP contribution in [0.25, 0.3) is 55.0 Å². The largest absolute Gasteiger partial charge is 0.512 e. The molecular weight excluding hydrogens is 795 g/mol. The zero-order valence-electron chi connectivity index (χ0n) is 30.3. The van der Waals surface area contributed by atoms with Crippen LogP contribution in [0.15, 0.2) is 103 Å². The van der Waals surface area contributed by atoms with Gasteiger partial charge < -0.3 is 5.11 Å². The number of hydrogen-bond donors (Lipinski definition) is 1. The fourth-order valence-electron chi connectivity index (χ4n) is 6.45. The van der Waals surface area contributed by atoms with Gasteiger partial charge in [-0.2, -0.15) is 0 Å². The zero-order chi connectivity index (χ0) is 35.1. The molecule has 0 fully saturated rings. The first-order valence-corrected chi connectivity index (χ1v) is 17.6. The molecule has 0 aliphatic rings. The number of hydrogen-bond acceptors (Lipinski definition) is 5. The Balaban J connectivity index is 0.000000301. The molecule has 6 aromatic rings. The molecular formula is C44H48IrN3O2-. The van der Waals surface area contributed by atoms with Crippen molar-refractivity contribution < 1.29 is 30.0 Å². The van der Waals surface area contributed by atoms with E-state index in [0.29, 0.717) is 0 Å². The van der Waals surface area contributed by atoms with E-state index in [-0.39, 0.29) is 48.9 Å². The minimum atomic E-state index is 0. The first-order chi connectivity index (χ1) is 23.6. The van der Waals surface area contributed by atoms with Crippen LogP contribution in [0.4, 0.5) is 0 Å². The Kier molecular flexibility index (Phi) is 13.2. The van der Waals surface area contributed by atoms with Gasteiger partial charge in [0.15, 0.2) is 5.78 Å². The van der Waals surface area contributed by atoms with Gasteiger partial charge in [-0.05, 0) is 48.6 Å². The van der Waals surface area contributed by atoms with Crippen molar-refractivity contribution in [3.8, 4) is 22.5 Å². The Hall–Kier alpha value is -4.25. The van der Waals surface area contributed by atoms with E-state index in [1.165, 1.54) is 22.4 Å². The van der Waals surface area contributed by atoms with Crippen molar-refractivity contribution in [3.63, 3.8) is 0 Å². The van der Waals surface area contributed by atoms with Gasteiger partial charge in [-0.1, -0.05) is 114 Å². The molecule has 6 rings (SSSR count). The molecule has 0 spiro atoms. The number of nitrogens with zero attached hydrogens (tertiary/aromatic N) is 3. The van der Waals surface area contributed by atoms with E-state index in [0.717, 1.165) is 69.9 Å². The van der Waals surface area contributed by atoms with Crippen molar-refractivity contribution >= 4 is 38.2 Å². The number of pyridine rings is 1. The Morgan fingerprint density at radius 2 is 1.40 bits per heavy atom. The second-order valence-corrected chi connectivity index (χ2v) is 13.8. The summed E-state index contributed by atoms with van der Waals surface area (Å²) in [6.45, 7) is 14.8. The van der Waals surface area contributed by atoms with Gasteiger partial charge in [0.1, 0.15) is 6.33 Å². The quantitative estimate of drug-likeness (QED) is 0.0679. The maximum absolute atomic E-state index is 11.7. The van der Waals surface area contributed by atoms with Crippen molar-refractivity contribution in [1.82, 2.24) is 15.0 Å². The number of aromatic nitrogens is 3. The van der Waals surface area contributed by atoms with Gasteiger partial charge in [-0.25, -0.2) is 4.98 Å². The molecule has 5 nitrogen and oxygen atoms in total. The van der Waals surface area contributed by atoms with Crippen LogP contribution in [0, 0.1) is 17.9 Å². The number of carbonyl (C=O) groups is 1. The molecule has 0 unspecified atom stereocenters. The van der Waals surface area contributed by atoms with Gasteiger partial charge in [-0.15, -0.1) is 29.1 Å². The first kappa shape index (κ1) is 38.5. The molecule has 2 heterocycles. The molecule has 0 saturated carbocycles. The minimum Gasteiger partial charge on any atom is -0.512 e. The normalized spacial score (nSPS) is 11.9. The molecule has 0 saturated heterocycles. The summed E-state index contributed by atoms with van der Waals surface area (Å²) >= 11 is 0. The molecule has 0 aliphatic carbocycles. The summed E-state index contributed by atoms with van der Waals surface area (Å²) in [7, 11) is 0. The number of ketones is 1. The Labute approximate surface area is 310 Å². The van der Waals surface area contributed by atoms with Crippen molar-refractivity contribution in [1.29, 1.82) is 0 Å². The van der Waals surface area contributed by atoms with E-state index in [1.807, 2.05) is 40.0 Å². The summed E-state index contributed by atoms with van der Waals surface area (Å²) in [6.07, 6.45) is 8.48. The molecule has 0 amide bonds. The van der Waals surface area contributed by atoms with Crippen LogP contribution in [0.1, 0.15) is 79.7 Å². The van der Waals surface area contributed by atoms with Crippen molar-refractivity contribution in [2.75, 3.05) is 0 Å². The van der Waals surface area contributed by atoms with E-state index >= 15 is 0 Å². The van der Waals surface area contributed by atoms with E-state index in [1.54, 1.807) is 6.33 Å². The van der Waals surface area contributed by atoms with Crippen molar-refractivity contribution in [3.05, 3.63) is 115 Å². The Bertz CT molecular complexity index is 2110. The van der Waals surface area contributed by atoms with Gasteiger partial charge in [0.25, 0.3) is 0 Å². The summed E-state index contributed by atoms with van der Waals surface area (Å²) in [4.78, 5) is 25.6. The molecule has 6 heteroatoms. The summed E-state index contributed by atoms with van der Waals surface area (Å²) in [5.74, 6) is 0.547. The number of allylic oxidation sites excluding steroid dienone is 2. The van der Waals surface area contributed by atoms with Gasteiger partial charge >= 0.3 is 0 Å². The topological polar surface area (TPSA) is 76.0 Å². The number of aliphatic hydroxyl groups is 1. The number of aliphatic hydroxyl groups excluding tert-OH is 1. The molecule has 1 radical (unpaired) electrons. The maximum Gasteiger partial charge on any atom is 0.162 e. The first-order valence-electron chi connectivity index (χ1n) is 17.6. The fourth-order valence-corrected chi connectivity index (χ4v) is 6.45. The standard InChI is InChI=1S/C31H24N3.C13H24O2.Ir/c1-31(2,3)27-15-23(14-20-8-4-7-11-25(20)27)29-17-28(33-19-34-29)21-12-13-26-24-10-6-5-9-22(24)18-32-30(26)16-21;1-5-10(6-2)12(14)9-13(15)11(7-3)8-4;/h4-13,15-19H,1-3H3;9-11,14H,5-8H2,1-4H3;/q-1;;/b;12-9-;. The van der Waals surface area contributed by atoms with Gasteiger partial charge in [-0.3, -0.25) is 14.8 Å². The van der Waals surface area contributed by atoms with Crippen LogP contribution in [-0.4, -0.2) is 25.8 Å². The smallest absolute Gasteiger partial charge is 0.162 e. The van der Waals surface area contributed by atoms with Crippen LogP contribution in [-0.2, 0) is 30.3 Å². The van der Waals surface area contributed by atoms with Gasteiger partial charge in [0.05, 0.1) is 17.0 Å². The third-order valence-corrected chi connectivity index (χ3v) is 9.50. The monoisotopic (exact) mass is 843 g/mol. The number of fused-ring (bicyclic) bond motifs is 4. The Morgan fingerprint density at radius 1 is 0.760 bits per heavy atom. The molecule has 1 N–H and O–H groups in total. The molecule has 50 heavy (non-hydrogen) atoms. The summed E-state index contributed by atoms with van der Waals surface area (Å²) in [6, 6.07) is 31.0. The van der Waals surface area contributed by atoms with Gasteiger partial charge in [0, 0.05) is 66.2 Å². The van der Waals surface area contributed by atoms with E-state index in [2.05, 4.69) is 110 Å². The molecule has 0 atom stereocenters. The average Bonchev–Trinajstić information content (AvgIpc) is 3.11. The zero-order valence-corrected chi connectivity index (χ0v) is 32.6. The van der Waals surface area contributed by atoms with Crippen LogP contribution in [0.2, 0.25) is 0 Å². The third-order valence-electron chi connectivity index (χ3n) is 9.50. The average molecular weight is 843 g/mol. The third kappa shape index (κ3) is 8.72. The maximum atomic E-state index is 11.7. The molecule has 0 bridgehead atoms. The fraction of sp³-hybridized carbons (Fsp3) is 0.318. The van der Waals surface area contributed by atoms with Gasteiger partial charge in [0.2, 0.25) is 0 Å². The van der Waals surface area contributed by atoms with E-state index in [9.17, 15) is 9.90 Å². The summed E-state index contributed by atoms with van der Waals surface area (Å²) in [5.41, 5.74) is 6.01. The van der Waals surface area contributed by atoms with Crippen molar-refractivity contribution in [2.24, 2.45) is 11.8 Å².